The van der Waals surface area contributed by atoms with Crippen LogP contribution in [0.5, 0.6) is 0 Å². The van der Waals surface area contributed by atoms with Crippen LogP contribution in [0, 0.1) is 17.3 Å². The van der Waals surface area contributed by atoms with Crippen LogP contribution in [-0.4, -0.2) is 30.1 Å². The molecule has 0 heterocycles. The van der Waals surface area contributed by atoms with E-state index in [1.807, 2.05) is 0 Å². The Labute approximate surface area is 122 Å². The van der Waals surface area contributed by atoms with Gasteiger partial charge in [0.05, 0.1) is 0 Å². The molecule has 2 heteroatoms. The fraction of sp³-hybridized carbons (Fsp3) is 1.00. The van der Waals surface area contributed by atoms with Gasteiger partial charge in [0.1, 0.15) is 0 Å². The molecule has 0 fully saturated rings. The first-order chi connectivity index (χ1) is 8.55. The largest absolute Gasteiger partial charge is 0.327 e. The zero-order valence-electron chi connectivity index (χ0n) is 14.7. The molecule has 0 aliphatic heterocycles. The highest BCUT2D eigenvalue weighted by molar-refractivity contribution is 4.89. The molecule has 0 amide bonds. The Kier molecular flexibility index (Phi) is 8.23. The van der Waals surface area contributed by atoms with Gasteiger partial charge in [-0.1, -0.05) is 48.5 Å². The summed E-state index contributed by atoms with van der Waals surface area (Å²) in [5.41, 5.74) is 6.53. The van der Waals surface area contributed by atoms with Gasteiger partial charge in [0.25, 0.3) is 0 Å². The van der Waals surface area contributed by atoms with Crippen LogP contribution in [0.3, 0.4) is 0 Å². The lowest BCUT2D eigenvalue weighted by Gasteiger charge is -2.43. The second-order valence-corrected chi connectivity index (χ2v) is 8.07. The lowest BCUT2D eigenvalue weighted by atomic mass is 9.81. The summed E-state index contributed by atoms with van der Waals surface area (Å²) in [6, 6.07) is 0.685. The van der Waals surface area contributed by atoms with E-state index in [1.54, 1.807) is 0 Å². The summed E-state index contributed by atoms with van der Waals surface area (Å²) >= 11 is 0. The summed E-state index contributed by atoms with van der Waals surface area (Å²) in [6.07, 6.45) is 2.52. The second-order valence-electron chi connectivity index (χ2n) is 8.07. The van der Waals surface area contributed by atoms with Crippen LogP contribution in [0.2, 0.25) is 0 Å². The zero-order valence-corrected chi connectivity index (χ0v) is 14.7. The molecule has 0 aromatic rings. The summed E-state index contributed by atoms with van der Waals surface area (Å²) in [4.78, 5) is 2.64. The van der Waals surface area contributed by atoms with Gasteiger partial charge in [0.2, 0.25) is 0 Å². The maximum Gasteiger partial charge on any atom is 0.0292 e. The number of nitrogens with two attached hydrogens (primary N) is 1. The first-order valence-corrected chi connectivity index (χ1v) is 8.05. The van der Waals surface area contributed by atoms with E-state index in [-0.39, 0.29) is 11.5 Å². The Bertz CT molecular complexity index is 214. The molecule has 2 nitrogen and oxygen atoms in total. The highest BCUT2D eigenvalue weighted by atomic mass is 15.2. The van der Waals surface area contributed by atoms with E-state index < -0.39 is 0 Å². The third kappa shape index (κ3) is 7.94. The molecule has 0 bridgehead atoms. The van der Waals surface area contributed by atoms with Gasteiger partial charge in [-0.3, -0.25) is 4.90 Å². The van der Waals surface area contributed by atoms with Crippen LogP contribution in [0.4, 0.5) is 0 Å². The van der Waals surface area contributed by atoms with Crippen molar-refractivity contribution >= 4 is 0 Å². The standard InChI is InChI=1S/C17H38N2/c1-13(2)9-11-19(12-10-14(3)4)16(15(5)18)17(6,7)8/h13-16H,9-12,18H2,1-8H3. The fourth-order valence-corrected chi connectivity index (χ4v) is 2.91. The number of hydrogen-bond acceptors (Lipinski definition) is 2. The maximum atomic E-state index is 6.29. The minimum atomic E-state index is 0.222. The van der Waals surface area contributed by atoms with Crippen molar-refractivity contribution in [3.05, 3.63) is 0 Å². The lowest BCUT2D eigenvalue weighted by Crippen LogP contribution is -2.54. The minimum absolute atomic E-state index is 0.222. The molecule has 0 radical (unpaired) electrons. The molecular weight excluding hydrogens is 232 g/mol. The first kappa shape index (κ1) is 18.9. The molecule has 0 aromatic carbocycles. The SMILES string of the molecule is CC(C)CCN(CCC(C)C)C(C(C)N)C(C)(C)C. The zero-order chi connectivity index (χ0) is 15.2. The van der Waals surface area contributed by atoms with Gasteiger partial charge in [-0.2, -0.15) is 0 Å². The molecule has 0 rings (SSSR count). The molecule has 0 aromatic heterocycles. The van der Waals surface area contributed by atoms with Gasteiger partial charge in [-0.15, -0.1) is 0 Å². The summed E-state index contributed by atoms with van der Waals surface area (Å²) in [7, 11) is 0. The third-order valence-corrected chi connectivity index (χ3v) is 3.77. The Balaban J connectivity index is 4.83. The molecule has 0 saturated heterocycles. The van der Waals surface area contributed by atoms with Crippen molar-refractivity contribution in [1.29, 1.82) is 0 Å². The van der Waals surface area contributed by atoms with Gasteiger partial charge >= 0.3 is 0 Å². The highest BCUT2D eigenvalue weighted by Gasteiger charge is 2.32. The second kappa shape index (κ2) is 8.26. The quantitative estimate of drug-likeness (QED) is 0.718. The Morgan fingerprint density at radius 1 is 0.842 bits per heavy atom. The molecule has 2 atom stereocenters. The fourth-order valence-electron chi connectivity index (χ4n) is 2.91. The monoisotopic (exact) mass is 270 g/mol. The topological polar surface area (TPSA) is 29.3 Å². The number of nitrogens with zero attached hydrogens (tertiary/aromatic N) is 1. The van der Waals surface area contributed by atoms with Gasteiger partial charge in [-0.05, 0) is 50.1 Å². The Hall–Kier alpha value is -0.0800. The predicted octanol–water partition coefficient (Wildman–Crippen LogP) is 4.14. The smallest absolute Gasteiger partial charge is 0.0292 e. The summed E-state index contributed by atoms with van der Waals surface area (Å²) in [5, 5.41) is 0. The van der Waals surface area contributed by atoms with Crippen LogP contribution < -0.4 is 5.73 Å². The molecule has 2 unspecified atom stereocenters. The predicted molar refractivity (Wildman–Crippen MR) is 87.4 cm³/mol. The van der Waals surface area contributed by atoms with E-state index >= 15 is 0 Å². The van der Waals surface area contributed by atoms with Crippen molar-refractivity contribution in [2.75, 3.05) is 13.1 Å². The molecular formula is C17H38N2. The van der Waals surface area contributed by atoms with Crippen molar-refractivity contribution in [2.45, 2.75) is 80.3 Å². The van der Waals surface area contributed by atoms with Crippen LogP contribution in [-0.2, 0) is 0 Å². The summed E-state index contributed by atoms with van der Waals surface area (Å²) < 4.78 is 0. The molecule has 19 heavy (non-hydrogen) atoms. The highest BCUT2D eigenvalue weighted by Crippen LogP contribution is 2.27. The normalized spacial score (nSPS) is 16.4. The average Bonchev–Trinajstić information content (AvgIpc) is 2.18. The number of rotatable bonds is 8. The van der Waals surface area contributed by atoms with Crippen molar-refractivity contribution in [3.63, 3.8) is 0 Å². The molecule has 0 spiro atoms. The van der Waals surface area contributed by atoms with Crippen LogP contribution in [0.25, 0.3) is 0 Å². The Morgan fingerprint density at radius 3 is 1.42 bits per heavy atom. The van der Waals surface area contributed by atoms with Gasteiger partial charge in [0, 0.05) is 12.1 Å². The lowest BCUT2D eigenvalue weighted by molar-refractivity contribution is 0.0731. The third-order valence-electron chi connectivity index (χ3n) is 3.77. The van der Waals surface area contributed by atoms with Crippen molar-refractivity contribution in [2.24, 2.45) is 23.0 Å². The number of hydrogen-bond donors (Lipinski definition) is 1. The summed E-state index contributed by atoms with van der Waals surface area (Å²) in [5.74, 6) is 1.52. The Morgan fingerprint density at radius 2 is 1.21 bits per heavy atom. The maximum absolute atomic E-state index is 6.29. The molecule has 0 aliphatic carbocycles. The van der Waals surface area contributed by atoms with E-state index in [1.165, 1.54) is 25.9 Å². The minimum Gasteiger partial charge on any atom is -0.327 e. The van der Waals surface area contributed by atoms with Crippen molar-refractivity contribution in [1.82, 2.24) is 4.90 Å². The molecule has 0 saturated carbocycles. The van der Waals surface area contributed by atoms with E-state index in [9.17, 15) is 0 Å². The average molecular weight is 271 g/mol. The van der Waals surface area contributed by atoms with Crippen molar-refractivity contribution in [3.8, 4) is 0 Å². The van der Waals surface area contributed by atoms with Crippen LogP contribution in [0.1, 0.15) is 68.2 Å². The van der Waals surface area contributed by atoms with E-state index in [4.69, 9.17) is 5.73 Å². The van der Waals surface area contributed by atoms with Crippen LogP contribution >= 0.6 is 0 Å². The molecule has 0 aliphatic rings. The molecule has 2 N–H and O–H groups in total. The van der Waals surface area contributed by atoms with E-state index in [0.717, 1.165) is 11.8 Å². The van der Waals surface area contributed by atoms with Crippen LogP contribution in [0.15, 0.2) is 0 Å². The van der Waals surface area contributed by atoms with Gasteiger partial charge < -0.3 is 5.73 Å². The van der Waals surface area contributed by atoms with E-state index in [0.29, 0.717) is 6.04 Å². The van der Waals surface area contributed by atoms with Gasteiger partial charge in [-0.25, -0.2) is 0 Å². The van der Waals surface area contributed by atoms with Crippen molar-refractivity contribution < 1.29 is 0 Å². The van der Waals surface area contributed by atoms with E-state index in [2.05, 4.69) is 60.3 Å². The van der Waals surface area contributed by atoms with Gasteiger partial charge in [0.15, 0.2) is 0 Å². The summed E-state index contributed by atoms with van der Waals surface area (Å²) in [6.45, 7) is 20.7. The first-order valence-electron chi connectivity index (χ1n) is 8.05. The molecule has 116 valence electrons.